The van der Waals surface area contributed by atoms with Gasteiger partial charge in [-0.1, -0.05) is 31.5 Å². The van der Waals surface area contributed by atoms with Gasteiger partial charge in [0.1, 0.15) is 0 Å². The molecule has 0 aliphatic rings. The molecule has 5 heteroatoms. The van der Waals surface area contributed by atoms with E-state index in [1.165, 1.54) is 5.56 Å². The predicted octanol–water partition coefficient (Wildman–Crippen LogP) is 3.39. The fraction of sp³-hybridized carbons (Fsp3) is 0.562. The third-order valence-electron chi connectivity index (χ3n) is 3.14. The lowest BCUT2D eigenvalue weighted by Crippen LogP contribution is -2.52. The first-order valence-electron chi connectivity index (χ1n) is 7.05. The van der Waals surface area contributed by atoms with Crippen LogP contribution in [0.5, 0.6) is 0 Å². The Morgan fingerprint density at radius 2 is 1.90 bits per heavy atom. The number of amides is 1. The van der Waals surface area contributed by atoms with E-state index in [2.05, 4.69) is 38.2 Å². The van der Waals surface area contributed by atoms with Gasteiger partial charge in [-0.2, -0.15) is 0 Å². The normalized spacial score (nSPS) is 13.4. The van der Waals surface area contributed by atoms with Crippen LogP contribution in [0.4, 0.5) is 0 Å². The van der Waals surface area contributed by atoms with Crippen molar-refractivity contribution in [2.24, 2.45) is 11.7 Å². The Bertz CT molecular complexity index is 436. The zero-order valence-electron chi connectivity index (χ0n) is 13.3. The predicted molar refractivity (Wildman–Crippen MR) is 94.2 cm³/mol. The molecule has 0 bridgehead atoms. The number of carbonyl (C=O) groups excluding carboxylic acids is 1. The van der Waals surface area contributed by atoms with Crippen molar-refractivity contribution in [2.75, 3.05) is 12.3 Å². The molecule has 1 amide bonds. The molecule has 0 fully saturated rings. The van der Waals surface area contributed by atoms with Gasteiger partial charge in [-0.3, -0.25) is 4.79 Å². The zero-order chi connectivity index (χ0) is 15.2. The molecule has 1 aromatic rings. The van der Waals surface area contributed by atoms with Crippen LogP contribution < -0.4 is 11.1 Å². The van der Waals surface area contributed by atoms with Crippen LogP contribution in [0.25, 0.3) is 0 Å². The molecule has 0 spiro atoms. The van der Waals surface area contributed by atoms with Gasteiger partial charge in [0.15, 0.2) is 0 Å². The smallest absolute Gasteiger partial charge is 0.230 e. The highest BCUT2D eigenvalue weighted by Gasteiger charge is 2.25. The molecule has 0 aliphatic heterocycles. The fourth-order valence-electron chi connectivity index (χ4n) is 2.24. The maximum Gasteiger partial charge on any atom is 0.230 e. The lowest BCUT2D eigenvalue weighted by Gasteiger charge is -2.31. The molecule has 3 nitrogen and oxygen atoms in total. The Hall–Kier alpha value is -0.710. The van der Waals surface area contributed by atoms with E-state index in [9.17, 15) is 4.79 Å². The van der Waals surface area contributed by atoms with E-state index in [0.717, 1.165) is 11.3 Å². The highest BCUT2D eigenvalue weighted by Crippen LogP contribution is 2.19. The first-order valence-corrected chi connectivity index (χ1v) is 8.04. The van der Waals surface area contributed by atoms with Crippen LogP contribution in [-0.4, -0.2) is 23.7 Å². The minimum Gasteiger partial charge on any atom is -0.349 e. The Morgan fingerprint density at radius 1 is 1.33 bits per heavy atom. The molecular weight excluding hydrogens is 304 g/mol. The Kier molecular flexibility index (Phi) is 9.02. The van der Waals surface area contributed by atoms with E-state index in [-0.39, 0.29) is 23.9 Å². The summed E-state index contributed by atoms with van der Waals surface area (Å²) in [5, 5.41) is 3.07. The van der Waals surface area contributed by atoms with Crippen LogP contribution in [0.1, 0.15) is 32.8 Å². The van der Waals surface area contributed by atoms with E-state index in [1.54, 1.807) is 11.8 Å². The van der Waals surface area contributed by atoms with Crippen molar-refractivity contribution in [3.8, 4) is 0 Å². The van der Waals surface area contributed by atoms with Crippen molar-refractivity contribution in [3.63, 3.8) is 0 Å². The number of hydrogen-bond donors (Lipinski definition) is 2. The lowest BCUT2D eigenvalue weighted by atomic mass is 9.91. The summed E-state index contributed by atoms with van der Waals surface area (Å²) in [7, 11) is 0. The molecule has 0 saturated carbocycles. The molecule has 0 radical (unpaired) electrons. The molecule has 3 N–H and O–H groups in total. The summed E-state index contributed by atoms with van der Waals surface area (Å²) < 4.78 is 0. The summed E-state index contributed by atoms with van der Waals surface area (Å²) in [6.45, 7) is 8.82. The van der Waals surface area contributed by atoms with E-state index in [0.29, 0.717) is 18.2 Å². The monoisotopic (exact) mass is 330 g/mol. The van der Waals surface area contributed by atoms with E-state index in [1.807, 2.05) is 19.1 Å². The number of nitrogens with two attached hydrogens (primary N) is 1. The average Bonchev–Trinajstić information content (AvgIpc) is 2.37. The van der Waals surface area contributed by atoms with Gasteiger partial charge in [-0.15, -0.1) is 24.2 Å². The van der Waals surface area contributed by atoms with Crippen molar-refractivity contribution in [3.05, 3.63) is 29.8 Å². The molecule has 0 aliphatic carbocycles. The molecule has 21 heavy (non-hydrogen) atoms. The second-order valence-electron chi connectivity index (χ2n) is 6.01. The number of nitrogens with one attached hydrogen (secondary N) is 1. The van der Waals surface area contributed by atoms with Crippen LogP contribution >= 0.6 is 24.2 Å². The van der Waals surface area contributed by atoms with Crippen molar-refractivity contribution in [1.82, 2.24) is 5.32 Å². The molecule has 1 aromatic carbocycles. The molecule has 0 heterocycles. The van der Waals surface area contributed by atoms with E-state index in [4.69, 9.17) is 5.73 Å². The largest absolute Gasteiger partial charge is 0.349 e. The SMILES string of the molecule is Cc1ccc(SCC(=O)NC(C)(CN)CC(C)C)cc1.Cl. The first-order chi connectivity index (χ1) is 9.34. The molecule has 0 aromatic heterocycles. The van der Waals surface area contributed by atoms with Gasteiger partial charge in [0.05, 0.1) is 5.75 Å². The van der Waals surface area contributed by atoms with Crippen molar-refractivity contribution in [2.45, 2.75) is 44.6 Å². The molecule has 1 unspecified atom stereocenters. The van der Waals surface area contributed by atoms with Gasteiger partial charge < -0.3 is 11.1 Å². The summed E-state index contributed by atoms with van der Waals surface area (Å²) in [6, 6.07) is 8.21. The summed E-state index contributed by atoms with van der Waals surface area (Å²) in [6.07, 6.45) is 0.893. The quantitative estimate of drug-likeness (QED) is 0.753. The van der Waals surface area contributed by atoms with Gasteiger partial charge in [-0.05, 0) is 38.3 Å². The number of rotatable bonds is 7. The second-order valence-corrected chi connectivity index (χ2v) is 7.06. The minimum atomic E-state index is -0.306. The van der Waals surface area contributed by atoms with Crippen LogP contribution in [-0.2, 0) is 4.79 Å². The maximum absolute atomic E-state index is 12.1. The summed E-state index contributed by atoms with van der Waals surface area (Å²) in [5.41, 5.74) is 6.73. The van der Waals surface area contributed by atoms with Gasteiger partial charge in [0.25, 0.3) is 0 Å². The zero-order valence-corrected chi connectivity index (χ0v) is 14.9. The molecule has 1 atom stereocenters. The van der Waals surface area contributed by atoms with Gasteiger partial charge in [0, 0.05) is 17.0 Å². The van der Waals surface area contributed by atoms with Crippen molar-refractivity contribution < 1.29 is 4.79 Å². The molecule has 1 rings (SSSR count). The standard InChI is InChI=1S/C16H26N2OS.ClH/c1-12(2)9-16(4,11-17)18-15(19)10-20-14-7-5-13(3)6-8-14;/h5-8,12H,9-11,17H2,1-4H3,(H,18,19);1H. The molecular formula is C16H27ClN2OS. The fourth-order valence-corrected chi connectivity index (χ4v) is 2.94. The summed E-state index contributed by atoms with van der Waals surface area (Å²) in [4.78, 5) is 13.2. The van der Waals surface area contributed by atoms with Crippen LogP contribution in [0.3, 0.4) is 0 Å². The number of thioether (sulfide) groups is 1. The Morgan fingerprint density at radius 3 is 2.38 bits per heavy atom. The van der Waals surface area contributed by atoms with Gasteiger partial charge in [-0.25, -0.2) is 0 Å². The van der Waals surface area contributed by atoms with Crippen LogP contribution in [0.15, 0.2) is 29.2 Å². The maximum atomic E-state index is 12.1. The number of aryl methyl sites for hydroxylation is 1. The number of hydrogen-bond acceptors (Lipinski definition) is 3. The Balaban J connectivity index is 0.00000400. The van der Waals surface area contributed by atoms with Gasteiger partial charge >= 0.3 is 0 Å². The number of halogens is 1. The first kappa shape index (κ1) is 20.3. The third-order valence-corrected chi connectivity index (χ3v) is 4.15. The minimum absolute atomic E-state index is 0. The summed E-state index contributed by atoms with van der Waals surface area (Å²) >= 11 is 1.55. The average molecular weight is 331 g/mol. The number of benzene rings is 1. The third kappa shape index (κ3) is 7.74. The summed E-state index contributed by atoms with van der Waals surface area (Å²) in [5.74, 6) is 0.981. The highest BCUT2D eigenvalue weighted by atomic mass is 35.5. The van der Waals surface area contributed by atoms with Crippen LogP contribution in [0, 0.1) is 12.8 Å². The van der Waals surface area contributed by atoms with Crippen LogP contribution in [0.2, 0.25) is 0 Å². The van der Waals surface area contributed by atoms with Crippen molar-refractivity contribution >= 4 is 30.1 Å². The van der Waals surface area contributed by atoms with Crippen molar-refractivity contribution in [1.29, 1.82) is 0 Å². The number of carbonyl (C=O) groups is 1. The molecule has 0 saturated heterocycles. The van der Waals surface area contributed by atoms with E-state index >= 15 is 0 Å². The topological polar surface area (TPSA) is 55.1 Å². The molecule has 120 valence electrons. The van der Waals surface area contributed by atoms with Gasteiger partial charge in [0.2, 0.25) is 5.91 Å². The lowest BCUT2D eigenvalue weighted by molar-refractivity contribution is -0.120. The highest BCUT2D eigenvalue weighted by molar-refractivity contribution is 8.00. The Labute approximate surface area is 138 Å². The second kappa shape index (κ2) is 9.34. The van der Waals surface area contributed by atoms with E-state index < -0.39 is 0 Å².